The van der Waals surface area contributed by atoms with E-state index in [0.717, 1.165) is 27.8 Å². The van der Waals surface area contributed by atoms with Crippen LogP contribution in [0, 0.1) is 0 Å². The van der Waals surface area contributed by atoms with Crippen LogP contribution in [-0.2, 0) is 0 Å². The predicted molar refractivity (Wildman–Crippen MR) is 126 cm³/mol. The molecular formula is C28H20O4. The molecule has 156 valence electrons. The summed E-state index contributed by atoms with van der Waals surface area (Å²) < 4.78 is 0. The topological polar surface area (TPSA) is 74.6 Å². The van der Waals surface area contributed by atoms with E-state index in [4.69, 9.17) is 0 Å². The van der Waals surface area contributed by atoms with Gasteiger partial charge in [0.1, 0.15) is 0 Å². The number of hydrogen-bond acceptors (Lipinski definition) is 2. The van der Waals surface area contributed by atoms with Crippen molar-refractivity contribution in [1.82, 2.24) is 0 Å². The fourth-order valence-corrected chi connectivity index (χ4v) is 3.61. The molecule has 0 saturated carbocycles. The number of carboxylic acid groups (broad SMARTS) is 2. The molecule has 0 heterocycles. The van der Waals surface area contributed by atoms with Gasteiger partial charge in [-0.05, 0) is 51.6 Å². The lowest BCUT2D eigenvalue weighted by Gasteiger charge is -2.11. The normalized spacial score (nSPS) is 11.2. The minimum absolute atomic E-state index is 0.233. The quantitative estimate of drug-likeness (QED) is 0.357. The zero-order valence-electron chi connectivity index (χ0n) is 17.1. The number of aromatic carboxylic acids is 2. The second kappa shape index (κ2) is 9.14. The van der Waals surface area contributed by atoms with Gasteiger partial charge in [0.15, 0.2) is 0 Å². The predicted octanol–water partition coefficient (Wildman–Crippen LogP) is 6.34. The third-order valence-electron chi connectivity index (χ3n) is 5.20. The van der Waals surface area contributed by atoms with Gasteiger partial charge in [0.25, 0.3) is 0 Å². The molecule has 0 bridgehead atoms. The summed E-state index contributed by atoms with van der Waals surface area (Å²) in [4.78, 5) is 23.0. The van der Waals surface area contributed by atoms with Gasteiger partial charge >= 0.3 is 11.9 Å². The third kappa shape index (κ3) is 4.50. The van der Waals surface area contributed by atoms with Gasteiger partial charge in [0.05, 0.1) is 11.1 Å². The Morgan fingerprint density at radius 1 is 0.562 bits per heavy atom. The molecule has 4 heteroatoms. The van der Waals surface area contributed by atoms with Gasteiger partial charge in [-0.15, -0.1) is 0 Å². The largest absolute Gasteiger partial charge is 0.478 e. The number of carboxylic acids is 2. The third-order valence-corrected chi connectivity index (χ3v) is 5.20. The van der Waals surface area contributed by atoms with E-state index in [-0.39, 0.29) is 11.1 Å². The Balaban J connectivity index is 1.81. The maximum atomic E-state index is 11.6. The molecule has 0 spiro atoms. The minimum Gasteiger partial charge on any atom is -0.478 e. The highest BCUT2D eigenvalue weighted by Gasteiger charge is 2.16. The summed E-state index contributed by atoms with van der Waals surface area (Å²) in [5.41, 5.74) is 5.21. The Morgan fingerprint density at radius 3 is 1.69 bits per heavy atom. The Hall–Kier alpha value is -4.44. The molecular weight excluding hydrogens is 400 g/mol. The van der Waals surface area contributed by atoms with Crippen molar-refractivity contribution in [2.75, 3.05) is 0 Å². The fraction of sp³-hybridized carbons (Fsp3) is 0. The molecule has 4 aromatic carbocycles. The zero-order chi connectivity index (χ0) is 22.5. The molecule has 0 amide bonds. The molecule has 0 aliphatic rings. The first-order chi connectivity index (χ1) is 15.5. The highest BCUT2D eigenvalue weighted by Crippen LogP contribution is 2.29. The molecule has 4 aromatic rings. The number of rotatable bonds is 6. The van der Waals surface area contributed by atoms with E-state index in [1.807, 2.05) is 66.7 Å². The Morgan fingerprint density at radius 2 is 1.09 bits per heavy atom. The SMILES string of the molecule is O=C(O)c1ccc(C=C(c2ccccc2)c2ccc(-c3ccccc3)cc2)cc1C(=O)O. The molecule has 0 saturated heterocycles. The lowest BCUT2D eigenvalue weighted by molar-refractivity contribution is 0.0651. The highest BCUT2D eigenvalue weighted by molar-refractivity contribution is 6.02. The number of benzene rings is 4. The average molecular weight is 420 g/mol. The van der Waals surface area contributed by atoms with Crippen molar-refractivity contribution in [1.29, 1.82) is 0 Å². The van der Waals surface area contributed by atoms with Crippen molar-refractivity contribution in [3.05, 3.63) is 131 Å². The molecule has 4 nitrogen and oxygen atoms in total. The van der Waals surface area contributed by atoms with Crippen LogP contribution in [-0.4, -0.2) is 22.2 Å². The monoisotopic (exact) mass is 420 g/mol. The van der Waals surface area contributed by atoms with Gasteiger partial charge in [-0.3, -0.25) is 0 Å². The summed E-state index contributed by atoms with van der Waals surface area (Å²) >= 11 is 0. The van der Waals surface area contributed by atoms with Crippen LogP contribution in [0.5, 0.6) is 0 Å². The van der Waals surface area contributed by atoms with Crippen molar-refractivity contribution >= 4 is 23.6 Å². The number of hydrogen-bond donors (Lipinski definition) is 2. The van der Waals surface area contributed by atoms with Crippen LogP contribution in [0.4, 0.5) is 0 Å². The van der Waals surface area contributed by atoms with Gasteiger partial charge in [-0.25, -0.2) is 9.59 Å². The lowest BCUT2D eigenvalue weighted by atomic mass is 9.93. The second-order valence-corrected chi connectivity index (χ2v) is 7.28. The maximum absolute atomic E-state index is 11.6. The van der Waals surface area contributed by atoms with Crippen molar-refractivity contribution in [3.63, 3.8) is 0 Å². The van der Waals surface area contributed by atoms with Crippen LogP contribution in [0.25, 0.3) is 22.8 Å². The standard InChI is InChI=1S/C28H20O4/c29-27(30)24-16-11-19(18-26(24)28(31)32)17-25(22-9-5-2-6-10-22)23-14-12-21(13-15-23)20-7-3-1-4-8-20/h1-18H,(H,29,30)(H,31,32). The summed E-state index contributed by atoms with van der Waals surface area (Å²) in [7, 11) is 0. The van der Waals surface area contributed by atoms with Gasteiger partial charge in [0, 0.05) is 0 Å². The van der Waals surface area contributed by atoms with Gasteiger partial charge < -0.3 is 10.2 Å². The fourth-order valence-electron chi connectivity index (χ4n) is 3.61. The van der Waals surface area contributed by atoms with E-state index < -0.39 is 11.9 Å². The maximum Gasteiger partial charge on any atom is 0.336 e. The zero-order valence-corrected chi connectivity index (χ0v) is 17.1. The van der Waals surface area contributed by atoms with Crippen LogP contribution in [0.1, 0.15) is 37.4 Å². The van der Waals surface area contributed by atoms with Crippen LogP contribution < -0.4 is 0 Å². The molecule has 0 aromatic heterocycles. The van der Waals surface area contributed by atoms with E-state index in [9.17, 15) is 19.8 Å². The summed E-state index contributed by atoms with van der Waals surface area (Å²) in [6.07, 6.45) is 1.88. The minimum atomic E-state index is -1.27. The first-order valence-electron chi connectivity index (χ1n) is 10.1. The molecule has 2 N–H and O–H groups in total. The molecule has 0 aliphatic heterocycles. The molecule has 0 atom stereocenters. The first-order valence-corrected chi connectivity index (χ1v) is 10.1. The van der Waals surface area contributed by atoms with E-state index in [2.05, 4.69) is 24.3 Å². The Kier molecular flexibility index (Phi) is 5.95. The van der Waals surface area contributed by atoms with Crippen LogP contribution in [0.15, 0.2) is 103 Å². The molecule has 0 aliphatic carbocycles. The smallest absolute Gasteiger partial charge is 0.336 e. The summed E-state index contributed by atoms with van der Waals surface area (Å²) in [6, 6.07) is 32.4. The summed E-state index contributed by atoms with van der Waals surface area (Å²) in [6.45, 7) is 0. The van der Waals surface area contributed by atoms with Crippen LogP contribution in [0.3, 0.4) is 0 Å². The van der Waals surface area contributed by atoms with Gasteiger partial charge in [-0.2, -0.15) is 0 Å². The summed E-state index contributed by atoms with van der Waals surface area (Å²) in [5.74, 6) is -2.54. The highest BCUT2D eigenvalue weighted by atomic mass is 16.4. The van der Waals surface area contributed by atoms with E-state index >= 15 is 0 Å². The van der Waals surface area contributed by atoms with Gasteiger partial charge in [0.2, 0.25) is 0 Å². The Bertz CT molecular complexity index is 1290. The molecule has 0 fully saturated rings. The van der Waals surface area contributed by atoms with E-state index in [1.165, 1.54) is 12.1 Å². The van der Waals surface area contributed by atoms with Crippen molar-refractivity contribution in [3.8, 4) is 11.1 Å². The van der Waals surface area contributed by atoms with Crippen LogP contribution in [0.2, 0.25) is 0 Å². The molecule has 4 rings (SSSR count). The van der Waals surface area contributed by atoms with E-state index in [0.29, 0.717) is 5.56 Å². The van der Waals surface area contributed by atoms with Crippen molar-refractivity contribution < 1.29 is 19.8 Å². The van der Waals surface area contributed by atoms with Crippen LogP contribution >= 0.6 is 0 Å². The first kappa shape index (κ1) is 20.8. The van der Waals surface area contributed by atoms with Crippen molar-refractivity contribution in [2.24, 2.45) is 0 Å². The Labute approximate surface area is 185 Å². The molecule has 32 heavy (non-hydrogen) atoms. The molecule has 0 radical (unpaired) electrons. The van der Waals surface area contributed by atoms with E-state index in [1.54, 1.807) is 6.07 Å². The average Bonchev–Trinajstić information content (AvgIpc) is 2.83. The van der Waals surface area contributed by atoms with Crippen molar-refractivity contribution in [2.45, 2.75) is 0 Å². The summed E-state index contributed by atoms with van der Waals surface area (Å²) in [5, 5.41) is 18.7. The lowest BCUT2D eigenvalue weighted by Crippen LogP contribution is -2.08. The molecule has 0 unspecified atom stereocenters. The second-order valence-electron chi connectivity index (χ2n) is 7.28. The van der Waals surface area contributed by atoms with Gasteiger partial charge in [-0.1, -0.05) is 91.0 Å². The number of carbonyl (C=O) groups is 2.